The molecule has 7 heteroatoms. The second-order valence-corrected chi connectivity index (χ2v) is 8.34. The van der Waals surface area contributed by atoms with Crippen LogP contribution in [0.25, 0.3) is 0 Å². The average Bonchev–Trinajstić information content (AvgIpc) is 3.13. The minimum Gasteiger partial charge on any atom is -0.355 e. The molecule has 3 heterocycles. The molecule has 2 saturated heterocycles. The highest BCUT2D eigenvalue weighted by Crippen LogP contribution is 2.25. The third kappa shape index (κ3) is 5.48. The second-order valence-electron chi connectivity index (χ2n) is 7.93. The zero-order valence-electron chi connectivity index (χ0n) is 16.8. The molecule has 6 nitrogen and oxygen atoms in total. The van der Waals surface area contributed by atoms with Crippen LogP contribution >= 0.6 is 11.6 Å². The summed E-state index contributed by atoms with van der Waals surface area (Å²) in [6.45, 7) is 9.82. The summed E-state index contributed by atoms with van der Waals surface area (Å²) in [6, 6.07) is 4.63. The van der Waals surface area contributed by atoms with E-state index in [0.29, 0.717) is 17.1 Å². The van der Waals surface area contributed by atoms with Gasteiger partial charge in [0, 0.05) is 51.5 Å². The zero-order chi connectivity index (χ0) is 19.2. The molecule has 150 valence electrons. The molecule has 0 spiro atoms. The Morgan fingerprint density at radius 2 is 2.22 bits per heavy atom. The molecule has 2 aliphatic rings. The number of pyridine rings is 1. The van der Waals surface area contributed by atoms with Crippen molar-refractivity contribution in [3.05, 3.63) is 23.4 Å². The van der Waals surface area contributed by atoms with Crippen molar-refractivity contribution in [2.24, 2.45) is 10.9 Å². The molecule has 0 aromatic carbocycles. The van der Waals surface area contributed by atoms with Crippen LogP contribution in [0.5, 0.6) is 0 Å². The summed E-state index contributed by atoms with van der Waals surface area (Å²) in [5.74, 6) is 2.56. The van der Waals surface area contributed by atoms with E-state index in [0.717, 1.165) is 43.8 Å². The lowest BCUT2D eigenvalue weighted by Crippen LogP contribution is -2.50. The highest BCUT2D eigenvalue weighted by molar-refractivity contribution is 6.32. The van der Waals surface area contributed by atoms with Gasteiger partial charge in [-0.3, -0.25) is 9.89 Å². The molecular weight excluding hydrogens is 360 g/mol. The minimum atomic E-state index is 0.347. The first kappa shape index (κ1) is 20.2. The first-order valence-corrected chi connectivity index (χ1v) is 10.5. The molecule has 2 fully saturated rings. The predicted octanol–water partition coefficient (Wildman–Crippen LogP) is 2.60. The van der Waals surface area contributed by atoms with Crippen LogP contribution in [0.1, 0.15) is 33.1 Å². The van der Waals surface area contributed by atoms with Crippen LogP contribution < -0.4 is 15.5 Å². The Morgan fingerprint density at radius 3 is 2.96 bits per heavy atom. The van der Waals surface area contributed by atoms with E-state index in [1.165, 1.54) is 25.9 Å². The van der Waals surface area contributed by atoms with Gasteiger partial charge in [-0.15, -0.1) is 0 Å². The van der Waals surface area contributed by atoms with Gasteiger partial charge in [-0.05, 0) is 50.8 Å². The number of rotatable bonds is 5. The summed E-state index contributed by atoms with van der Waals surface area (Å²) in [4.78, 5) is 13.7. The standard InChI is InChI=1S/C20H33ClN6/c1-15-6-5-10-26(13-15)16(2)12-24-20(22-3)25-17-8-11-27(14-17)19-18(21)7-4-9-23-19/h4,7,9,15-17H,5-6,8,10-14H2,1-3H3,(H2,22,24,25). The first-order valence-electron chi connectivity index (χ1n) is 10.1. The van der Waals surface area contributed by atoms with Gasteiger partial charge in [0.1, 0.15) is 5.82 Å². The minimum absolute atomic E-state index is 0.347. The molecule has 27 heavy (non-hydrogen) atoms. The molecule has 3 rings (SSSR count). The van der Waals surface area contributed by atoms with Gasteiger partial charge >= 0.3 is 0 Å². The van der Waals surface area contributed by atoms with E-state index in [2.05, 4.69) is 44.3 Å². The number of hydrogen-bond donors (Lipinski definition) is 2. The number of anilines is 1. The number of piperidine rings is 1. The third-order valence-corrected chi connectivity index (χ3v) is 5.96. The van der Waals surface area contributed by atoms with E-state index in [-0.39, 0.29) is 0 Å². The van der Waals surface area contributed by atoms with Crippen molar-refractivity contribution in [2.45, 2.75) is 45.2 Å². The van der Waals surface area contributed by atoms with Gasteiger partial charge in [-0.25, -0.2) is 4.98 Å². The van der Waals surface area contributed by atoms with Crippen LogP contribution in [0.2, 0.25) is 5.02 Å². The van der Waals surface area contributed by atoms with Crippen molar-refractivity contribution >= 4 is 23.4 Å². The number of aromatic nitrogens is 1. The Kier molecular flexibility index (Phi) is 7.19. The van der Waals surface area contributed by atoms with Crippen molar-refractivity contribution in [3.63, 3.8) is 0 Å². The van der Waals surface area contributed by atoms with Gasteiger partial charge in [0.15, 0.2) is 5.96 Å². The van der Waals surface area contributed by atoms with Gasteiger partial charge in [0.2, 0.25) is 0 Å². The molecule has 0 bridgehead atoms. The van der Waals surface area contributed by atoms with Crippen LogP contribution in [0.15, 0.2) is 23.3 Å². The summed E-state index contributed by atoms with van der Waals surface area (Å²) < 4.78 is 0. The summed E-state index contributed by atoms with van der Waals surface area (Å²) in [5, 5.41) is 7.78. The third-order valence-electron chi connectivity index (χ3n) is 5.67. The summed E-state index contributed by atoms with van der Waals surface area (Å²) in [6.07, 6.45) is 5.52. The maximum Gasteiger partial charge on any atom is 0.191 e. The molecule has 1 aromatic rings. The van der Waals surface area contributed by atoms with E-state index in [9.17, 15) is 0 Å². The molecule has 0 aliphatic carbocycles. The number of hydrogen-bond acceptors (Lipinski definition) is 4. The van der Waals surface area contributed by atoms with Gasteiger partial charge in [-0.2, -0.15) is 0 Å². The Bertz CT molecular complexity index is 637. The van der Waals surface area contributed by atoms with E-state index < -0.39 is 0 Å². The highest BCUT2D eigenvalue weighted by Gasteiger charge is 2.26. The lowest BCUT2D eigenvalue weighted by atomic mass is 9.99. The van der Waals surface area contributed by atoms with Crippen molar-refractivity contribution in [3.8, 4) is 0 Å². The fourth-order valence-electron chi connectivity index (χ4n) is 4.07. The monoisotopic (exact) mass is 392 g/mol. The molecule has 3 unspecified atom stereocenters. The van der Waals surface area contributed by atoms with E-state index >= 15 is 0 Å². The lowest BCUT2D eigenvalue weighted by Gasteiger charge is -2.35. The fraction of sp³-hybridized carbons (Fsp3) is 0.700. The predicted molar refractivity (Wildman–Crippen MR) is 114 cm³/mol. The maximum absolute atomic E-state index is 6.29. The fourth-order valence-corrected chi connectivity index (χ4v) is 4.31. The molecule has 1 aromatic heterocycles. The van der Waals surface area contributed by atoms with Gasteiger partial charge in [-0.1, -0.05) is 18.5 Å². The molecule has 0 saturated carbocycles. The SMILES string of the molecule is CN=C(NCC(C)N1CCCC(C)C1)NC1CCN(c2ncccc2Cl)C1. The summed E-state index contributed by atoms with van der Waals surface area (Å²) >= 11 is 6.29. The maximum atomic E-state index is 6.29. The van der Waals surface area contributed by atoms with Crippen molar-refractivity contribution in [2.75, 3.05) is 44.7 Å². The quantitative estimate of drug-likeness (QED) is 0.596. The van der Waals surface area contributed by atoms with E-state index in [1.54, 1.807) is 6.20 Å². The molecular formula is C20H33ClN6. The average molecular weight is 393 g/mol. The van der Waals surface area contributed by atoms with Crippen molar-refractivity contribution in [1.82, 2.24) is 20.5 Å². The summed E-state index contributed by atoms with van der Waals surface area (Å²) in [7, 11) is 1.84. The zero-order valence-corrected chi connectivity index (χ0v) is 17.5. The van der Waals surface area contributed by atoms with Crippen LogP contribution in [0, 0.1) is 5.92 Å². The molecule has 3 atom stereocenters. The van der Waals surface area contributed by atoms with Crippen LogP contribution in [0.3, 0.4) is 0 Å². The first-order chi connectivity index (χ1) is 13.1. The second kappa shape index (κ2) is 9.60. The number of nitrogens with zero attached hydrogens (tertiary/aromatic N) is 4. The van der Waals surface area contributed by atoms with Gasteiger partial charge in [0.25, 0.3) is 0 Å². The number of likely N-dealkylation sites (tertiary alicyclic amines) is 1. The van der Waals surface area contributed by atoms with Crippen LogP contribution in [-0.4, -0.2) is 67.7 Å². The Balaban J connectivity index is 1.46. The highest BCUT2D eigenvalue weighted by atomic mass is 35.5. The van der Waals surface area contributed by atoms with E-state index in [1.807, 2.05) is 19.2 Å². The number of aliphatic imine (C=N–C) groups is 1. The molecule has 0 radical (unpaired) electrons. The number of nitrogens with one attached hydrogen (secondary N) is 2. The van der Waals surface area contributed by atoms with Crippen LogP contribution in [0.4, 0.5) is 5.82 Å². The molecule has 2 aliphatic heterocycles. The van der Waals surface area contributed by atoms with Crippen molar-refractivity contribution < 1.29 is 0 Å². The number of halogens is 1. The Morgan fingerprint density at radius 1 is 1.37 bits per heavy atom. The Hall–Kier alpha value is -1.53. The molecule has 2 N–H and O–H groups in total. The van der Waals surface area contributed by atoms with Crippen LogP contribution in [-0.2, 0) is 0 Å². The van der Waals surface area contributed by atoms with E-state index in [4.69, 9.17) is 11.6 Å². The lowest BCUT2D eigenvalue weighted by molar-refractivity contribution is 0.139. The Labute approximate surface area is 168 Å². The van der Waals surface area contributed by atoms with Gasteiger partial charge < -0.3 is 15.5 Å². The smallest absolute Gasteiger partial charge is 0.191 e. The number of guanidine groups is 1. The largest absolute Gasteiger partial charge is 0.355 e. The normalized spacial score (nSPS) is 25.5. The molecule has 0 amide bonds. The van der Waals surface area contributed by atoms with Crippen molar-refractivity contribution in [1.29, 1.82) is 0 Å². The summed E-state index contributed by atoms with van der Waals surface area (Å²) in [5.41, 5.74) is 0. The topological polar surface area (TPSA) is 55.8 Å². The van der Waals surface area contributed by atoms with Gasteiger partial charge in [0.05, 0.1) is 5.02 Å².